The number of hydrogen-bond donors (Lipinski definition) is 0. The van der Waals surface area contributed by atoms with E-state index in [4.69, 9.17) is 9.26 Å². The van der Waals surface area contributed by atoms with E-state index in [1.165, 1.54) is 0 Å². The Balaban J connectivity index is 1.93. The SMILES string of the molecule is CCCCc1nc(-c2ccc(OCC(=O)N(CC)CC)cc2)no1. The molecule has 1 aromatic carbocycles. The summed E-state index contributed by atoms with van der Waals surface area (Å²) in [6, 6.07) is 7.36. The van der Waals surface area contributed by atoms with Crippen molar-refractivity contribution in [3.05, 3.63) is 30.2 Å². The van der Waals surface area contributed by atoms with Crippen molar-refractivity contribution >= 4 is 5.91 Å². The van der Waals surface area contributed by atoms with Gasteiger partial charge in [0.25, 0.3) is 5.91 Å². The number of rotatable bonds is 9. The fraction of sp³-hybridized carbons (Fsp3) is 0.500. The Kier molecular flexibility index (Phi) is 6.78. The summed E-state index contributed by atoms with van der Waals surface area (Å²) in [5, 5.41) is 4.00. The van der Waals surface area contributed by atoms with Gasteiger partial charge < -0.3 is 14.2 Å². The van der Waals surface area contributed by atoms with E-state index >= 15 is 0 Å². The molecule has 0 aliphatic carbocycles. The predicted molar refractivity (Wildman–Crippen MR) is 91.8 cm³/mol. The summed E-state index contributed by atoms with van der Waals surface area (Å²) in [5.41, 5.74) is 0.865. The van der Waals surface area contributed by atoms with Crippen molar-refractivity contribution in [2.75, 3.05) is 19.7 Å². The van der Waals surface area contributed by atoms with Crippen LogP contribution in [0.4, 0.5) is 0 Å². The summed E-state index contributed by atoms with van der Waals surface area (Å²) in [5.74, 6) is 1.88. The van der Waals surface area contributed by atoms with E-state index < -0.39 is 0 Å². The van der Waals surface area contributed by atoms with Crippen LogP contribution in [0.15, 0.2) is 28.8 Å². The summed E-state index contributed by atoms with van der Waals surface area (Å²) >= 11 is 0. The first-order valence-corrected chi connectivity index (χ1v) is 8.51. The zero-order valence-corrected chi connectivity index (χ0v) is 14.6. The van der Waals surface area contributed by atoms with Crippen LogP contribution in [0.2, 0.25) is 0 Å². The van der Waals surface area contributed by atoms with Crippen LogP contribution in [0, 0.1) is 0 Å². The molecule has 6 nitrogen and oxygen atoms in total. The van der Waals surface area contributed by atoms with Crippen molar-refractivity contribution in [3.63, 3.8) is 0 Å². The number of likely N-dealkylation sites (N-methyl/N-ethyl adjacent to an activating group) is 1. The second-order valence-electron chi connectivity index (χ2n) is 5.49. The maximum absolute atomic E-state index is 11.9. The smallest absolute Gasteiger partial charge is 0.260 e. The summed E-state index contributed by atoms with van der Waals surface area (Å²) in [4.78, 5) is 18.1. The summed E-state index contributed by atoms with van der Waals surface area (Å²) < 4.78 is 10.8. The summed E-state index contributed by atoms with van der Waals surface area (Å²) in [6.07, 6.45) is 2.93. The molecule has 0 saturated heterocycles. The number of amides is 1. The Bertz CT molecular complexity index is 633. The predicted octanol–water partition coefficient (Wildman–Crippen LogP) is 3.33. The maximum atomic E-state index is 11.9. The molecular formula is C18H25N3O3. The summed E-state index contributed by atoms with van der Waals surface area (Å²) in [6.45, 7) is 7.46. The highest BCUT2D eigenvalue weighted by molar-refractivity contribution is 5.77. The van der Waals surface area contributed by atoms with E-state index in [1.54, 1.807) is 4.90 Å². The van der Waals surface area contributed by atoms with Crippen LogP contribution < -0.4 is 4.74 Å². The first-order valence-electron chi connectivity index (χ1n) is 8.51. The van der Waals surface area contributed by atoms with Crippen LogP contribution in [0.1, 0.15) is 39.5 Å². The number of carbonyl (C=O) groups excluding carboxylic acids is 1. The third kappa shape index (κ3) is 4.81. The standard InChI is InChI=1S/C18H25N3O3/c1-4-7-8-16-19-18(20-24-16)14-9-11-15(12-10-14)23-13-17(22)21(5-2)6-3/h9-12H,4-8,13H2,1-3H3. The fourth-order valence-corrected chi connectivity index (χ4v) is 2.31. The molecule has 130 valence electrons. The molecule has 0 aliphatic rings. The van der Waals surface area contributed by atoms with Crippen LogP contribution in [0.3, 0.4) is 0 Å². The van der Waals surface area contributed by atoms with Crippen LogP contribution in [0.25, 0.3) is 11.4 Å². The molecular weight excluding hydrogens is 306 g/mol. The van der Waals surface area contributed by atoms with Gasteiger partial charge in [0.1, 0.15) is 5.75 Å². The lowest BCUT2D eigenvalue weighted by Gasteiger charge is -2.18. The number of nitrogens with zero attached hydrogens (tertiary/aromatic N) is 3. The molecule has 0 fully saturated rings. The van der Waals surface area contributed by atoms with Gasteiger partial charge in [-0.15, -0.1) is 0 Å². The lowest BCUT2D eigenvalue weighted by atomic mass is 10.2. The molecule has 1 amide bonds. The molecule has 2 aromatic rings. The van der Waals surface area contributed by atoms with Gasteiger partial charge in [-0.1, -0.05) is 18.5 Å². The van der Waals surface area contributed by atoms with Crippen LogP contribution in [0.5, 0.6) is 5.75 Å². The second-order valence-corrected chi connectivity index (χ2v) is 5.49. The zero-order valence-electron chi connectivity index (χ0n) is 14.6. The lowest BCUT2D eigenvalue weighted by Crippen LogP contribution is -2.34. The molecule has 2 rings (SSSR count). The Morgan fingerprint density at radius 2 is 1.88 bits per heavy atom. The van der Waals surface area contributed by atoms with Crippen molar-refractivity contribution in [1.82, 2.24) is 15.0 Å². The molecule has 0 bridgehead atoms. The van der Waals surface area contributed by atoms with Gasteiger partial charge in [0.2, 0.25) is 11.7 Å². The van der Waals surface area contributed by atoms with Crippen LogP contribution in [-0.4, -0.2) is 40.6 Å². The number of hydrogen-bond acceptors (Lipinski definition) is 5. The van der Waals surface area contributed by atoms with Crippen LogP contribution >= 0.6 is 0 Å². The highest BCUT2D eigenvalue weighted by atomic mass is 16.5. The second kappa shape index (κ2) is 9.05. The number of benzene rings is 1. The minimum Gasteiger partial charge on any atom is -0.484 e. The quantitative estimate of drug-likeness (QED) is 0.705. The average molecular weight is 331 g/mol. The van der Waals surface area contributed by atoms with Gasteiger partial charge in [-0.2, -0.15) is 4.98 Å². The fourth-order valence-electron chi connectivity index (χ4n) is 2.31. The topological polar surface area (TPSA) is 68.5 Å². The molecule has 0 spiro atoms. The first-order chi connectivity index (χ1) is 11.7. The van der Waals surface area contributed by atoms with Crippen molar-refractivity contribution in [1.29, 1.82) is 0 Å². The van der Waals surface area contributed by atoms with Gasteiger partial charge >= 0.3 is 0 Å². The third-order valence-corrected chi connectivity index (χ3v) is 3.80. The number of ether oxygens (including phenoxy) is 1. The highest BCUT2D eigenvalue weighted by Crippen LogP contribution is 2.20. The monoisotopic (exact) mass is 331 g/mol. The molecule has 0 atom stereocenters. The van der Waals surface area contributed by atoms with Gasteiger partial charge in [-0.3, -0.25) is 4.79 Å². The largest absolute Gasteiger partial charge is 0.484 e. The van der Waals surface area contributed by atoms with Gasteiger partial charge in [0.05, 0.1) is 0 Å². The van der Waals surface area contributed by atoms with E-state index in [0.717, 1.165) is 24.8 Å². The molecule has 1 aromatic heterocycles. The van der Waals surface area contributed by atoms with Crippen molar-refractivity contribution in [3.8, 4) is 17.1 Å². The van der Waals surface area contributed by atoms with Gasteiger partial charge in [-0.05, 0) is 44.5 Å². The number of unbranched alkanes of at least 4 members (excludes halogenated alkanes) is 1. The minimum absolute atomic E-state index is 0.0113. The molecule has 0 aliphatic heterocycles. The highest BCUT2D eigenvalue weighted by Gasteiger charge is 2.11. The number of aryl methyl sites for hydroxylation is 1. The zero-order chi connectivity index (χ0) is 17.4. The Hall–Kier alpha value is -2.37. The van der Waals surface area contributed by atoms with E-state index in [1.807, 2.05) is 38.1 Å². The van der Waals surface area contributed by atoms with Gasteiger partial charge in [-0.25, -0.2) is 0 Å². The molecule has 0 radical (unpaired) electrons. The summed E-state index contributed by atoms with van der Waals surface area (Å²) in [7, 11) is 0. The third-order valence-electron chi connectivity index (χ3n) is 3.80. The molecule has 0 unspecified atom stereocenters. The number of aromatic nitrogens is 2. The van der Waals surface area contributed by atoms with E-state index in [2.05, 4.69) is 17.1 Å². The van der Waals surface area contributed by atoms with Crippen LogP contribution in [-0.2, 0) is 11.2 Å². The lowest BCUT2D eigenvalue weighted by molar-refractivity contribution is -0.132. The van der Waals surface area contributed by atoms with E-state index in [9.17, 15) is 4.79 Å². The van der Waals surface area contributed by atoms with Gasteiger partial charge in [0, 0.05) is 25.1 Å². The van der Waals surface area contributed by atoms with Crippen molar-refractivity contribution < 1.29 is 14.1 Å². The van der Waals surface area contributed by atoms with Crippen molar-refractivity contribution in [2.24, 2.45) is 0 Å². The van der Waals surface area contributed by atoms with E-state index in [-0.39, 0.29) is 12.5 Å². The normalized spacial score (nSPS) is 10.6. The Morgan fingerprint density at radius 1 is 1.17 bits per heavy atom. The van der Waals surface area contributed by atoms with Crippen molar-refractivity contribution in [2.45, 2.75) is 40.0 Å². The molecule has 6 heteroatoms. The average Bonchev–Trinajstić information content (AvgIpc) is 3.08. The van der Waals surface area contributed by atoms with E-state index in [0.29, 0.717) is 30.6 Å². The molecule has 0 N–H and O–H groups in total. The molecule has 0 saturated carbocycles. The first kappa shape index (κ1) is 18.0. The maximum Gasteiger partial charge on any atom is 0.260 e. The molecule has 24 heavy (non-hydrogen) atoms. The molecule has 1 heterocycles. The minimum atomic E-state index is -0.0113. The Morgan fingerprint density at radius 3 is 2.50 bits per heavy atom. The Labute approximate surface area is 142 Å². The number of carbonyl (C=O) groups is 1. The van der Waals surface area contributed by atoms with Gasteiger partial charge in [0.15, 0.2) is 6.61 Å².